The van der Waals surface area contributed by atoms with Gasteiger partial charge < -0.3 is 9.32 Å². The van der Waals surface area contributed by atoms with Crippen molar-refractivity contribution in [1.29, 1.82) is 0 Å². The van der Waals surface area contributed by atoms with E-state index in [0.717, 1.165) is 39.0 Å². The number of benzene rings is 8. The molecule has 2 heteroatoms. The van der Waals surface area contributed by atoms with Crippen LogP contribution in [0.25, 0.3) is 43.8 Å². The molecule has 0 spiro atoms. The van der Waals surface area contributed by atoms with E-state index in [4.69, 9.17) is 4.42 Å². The minimum atomic E-state index is -0.448. The van der Waals surface area contributed by atoms with Crippen LogP contribution in [-0.2, 0) is 5.41 Å². The van der Waals surface area contributed by atoms with Gasteiger partial charge in [0.05, 0.1) is 16.8 Å². The van der Waals surface area contributed by atoms with E-state index in [0.29, 0.717) is 0 Å². The normalized spacial score (nSPS) is 13.1. The van der Waals surface area contributed by atoms with E-state index in [9.17, 15) is 0 Å². The van der Waals surface area contributed by atoms with Crippen molar-refractivity contribution in [2.75, 3.05) is 4.90 Å². The van der Waals surface area contributed by atoms with E-state index in [1.165, 1.54) is 44.2 Å². The highest BCUT2D eigenvalue weighted by Gasteiger charge is 2.45. The Labute approximate surface area is 285 Å². The van der Waals surface area contributed by atoms with Gasteiger partial charge in [-0.3, -0.25) is 0 Å². The van der Waals surface area contributed by atoms with E-state index in [1.807, 2.05) is 6.07 Å². The molecule has 0 fully saturated rings. The highest BCUT2D eigenvalue weighted by atomic mass is 16.3. The minimum Gasteiger partial charge on any atom is -0.454 e. The highest BCUT2D eigenvalue weighted by molar-refractivity contribution is 6.11. The number of furan rings is 1. The van der Waals surface area contributed by atoms with E-state index in [-0.39, 0.29) is 0 Å². The van der Waals surface area contributed by atoms with Crippen LogP contribution >= 0.6 is 0 Å². The van der Waals surface area contributed by atoms with Crippen LogP contribution in [0.15, 0.2) is 192 Å². The topological polar surface area (TPSA) is 16.4 Å². The van der Waals surface area contributed by atoms with Crippen molar-refractivity contribution in [3.8, 4) is 11.1 Å². The Morgan fingerprint density at radius 3 is 1.71 bits per heavy atom. The minimum absolute atomic E-state index is 0.448. The Hall–Kier alpha value is -6.38. The van der Waals surface area contributed by atoms with Gasteiger partial charge in [-0.15, -0.1) is 0 Å². The summed E-state index contributed by atoms with van der Waals surface area (Å²) in [6.07, 6.45) is 0. The smallest absolute Gasteiger partial charge is 0.159 e. The molecule has 0 atom stereocenters. The average Bonchev–Trinajstić information content (AvgIpc) is 3.71. The number of anilines is 3. The molecule has 0 saturated carbocycles. The van der Waals surface area contributed by atoms with Crippen LogP contribution in [-0.4, -0.2) is 0 Å². The fraction of sp³-hybridized carbons (Fsp3) is 0.0213. The molecule has 0 saturated heterocycles. The maximum atomic E-state index is 6.63. The van der Waals surface area contributed by atoms with Crippen molar-refractivity contribution in [2.45, 2.75) is 5.41 Å². The first-order valence-corrected chi connectivity index (χ1v) is 16.9. The molecular formula is C47H31NO. The Morgan fingerprint density at radius 2 is 0.939 bits per heavy atom. The summed E-state index contributed by atoms with van der Waals surface area (Å²) in [6.45, 7) is 0. The van der Waals surface area contributed by atoms with Crippen LogP contribution in [0.3, 0.4) is 0 Å². The lowest BCUT2D eigenvalue weighted by molar-refractivity contribution is 0.669. The molecule has 49 heavy (non-hydrogen) atoms. The van der Waals surface area contributed by atoms with Crippen LogP contribution in [0.2, 0.25) is 0 Å². The molecule has 0 aliphatic heterocycles. The van der Waals surface area contributed by atoms with Gasteiger partial charge in [0.15, 0.2) is 5.58 Å². The average molecular weight is 626 g/mol. The fourth-order valence-electron chi connectivity index (χ4n) is 8.29. The van der Waals surface area contributed by atoms with Crippen LogP contribution < -0.4 is 4.90 Å². The fourth-order valence-corrected chi connectivity index (χ4v) is 8.29. The SMILES string of the molecule is c1ccc(C2(c3ccc(N(c4cccc5ccccc45)c4cccc5c4oc4ccccc45)cc3)c3ccccc3-c3ccccc32)cc1. The summed E-state index contributed by atoms with van der Waals surface area (Å²) in [5.41, 5.74) is 12.2. The van der Waals surface area contributed by atoms with Gasteiger partial charge in [0.1, 0.15) is 5.58 Å². The van der Waals surface area contributed by atoms with Gasteiger partial charge in [0.25, 0.3) is 0 Å². The summed E-state index contributed by atoms with van der Waals surface area (Å²) < 4.78 is 6.63. The molecule has 1 aromatic heterocycles. The van der Waals surface area contributed by atoms with Crippen LogP contribution in [0.1, 0.15) is 22.3 Å². The Kier molecular flexibility index (Phi) is 6.13. The predicted octanol–water partition coefficient (Wildman–Crippen LogP) is 12.6. The van der Waals surface area contributed by atoms with Crippen molar-refractivity contribution < 1.29 is 4.42 Å². The lowest BCUT2D eigenvalue weighted by Crippen LogP contribution is -2.28. The van der Waals surface area contributed by atoms with Crippen LogP contribution in [0.5, 0.6) is 0 Å². The first-order valence-electron chi connectivity index (χ1n) is 16.9. The third-order valence-corrected chi connectivity index (χ3v) is 10.3. The second kappa shape index (κ2) is 10.8. The number of hydrogen-bond acceptors (Lipinski definition) is 2. The summed E-state index contributed by atoms with van der Waals surface area (Å²) in [5, 5.41) is 4.61. The lowest BCUT2D eigenvalue weighted by atomic mass is 9.68. The van der Waals surface area contributed by atoms with Crippen molar-refractivity contribution >= 4 is 49.8 Å². The number of hydrogen-bond donors (Lipinski definition) is 0. The number of para-hydroxylation sites is 2. The summed E-state index contributed by atoms with van der Waals surface area (Å²) in [5.74, 6) is 0. The Morgan fingerprint density at radius 1 is 0.388 bits per heavy atom. The van der Waals surface area contributed by atoms with Gasteiger partial charge in [-0.25, -0.2) is 0 Å². The van der Waals surface area contributed by atoms with Crippen molar-refractivity contribution in [2.24, 2.45) is 0 Å². The first-order chi connectivity index (χ1) is 24.3. The second-order valence-corrected chi connectivity index (χ2v) is 12.8. The zero-order valence-electron chi connectivity index (χ0n) is 26.8. The van der Waals surface area contributed by atoms with Gasteiger partial charge in [0.2, 0.25) is 0 Å². The van der Waals surface area contributed by atoms with Gasteiger partial charge in [-0.05, 0) is 69.1 Å². The van der Waals surface area contributed by atoms with E-state index in [2.05, 4.69) is 187 Å². The summed E-state index contributed by atoms with van der Waals surface area (Å²) >= 11 is 0. The molecule has 1 aliphatic carbocycles. The van der Waals surface area contributed by atoms with Gasteiger partial charge in [-0.2, -0.15) is 0 Å². The maximum Gasteiger partial charge on any atom is 0.159 e. The van der Waals surface area contributed by atoms with Crippen molar-refractivity contribution in [1.82, 2.24) is 0 Å². The molecule has 230 valence electrons. The van der Waals surface area contributed by atoms with Crippen molar-refractivity contribution in [3.05, 3.63) is 210 Å². The van der Waals surface area contributed by atoms with Crippen molar-refractivity contribution in [3.63, 3.8) is 0 Å². The van der Waals surface area contributed by atoms with Crippen LogP contribution in [0, 0.1) is 0 Å². The molecule has 0 bridgehead atoms. The Balaban J connectivity index is 1.23. The molecule has 1 aliphatic rings. The zero-order chi connectivity index (χ0) is 32.4. The third kappa shape index (κ3) is 4.01. The molecule has 9 aromatic rings. The summed E-state index contributed by atoms with van der Waals surface area (Å²) in [6, 6.07) is 67.9. The number of nitrogens with zero attached hydrogens (tertiary/aromatic N) is 1. The van der Waals surface area contributed by atoms with E-state index in [1.54, 1.807) is 0 Å². The predicted molar refractivity (Wildman–Crippen MR) is 203 cm³/mol. The molecule has 0 N–H and O–H groups in total. The molecule has 8 aromatic carbocycles. The molecule has 0 unspecified atom stereocenters. The Bertz CT molecular complexity index is 2620. The summed E-state index contributed by atoms with van der Waals surface area (Å²) in [7, 11) is 0. The summed E-state index contributed by atoms with van der Waals surface area (Å²) in [4.78, 5) is 2.36. The lowest BCUT2D eigenvalue weighted by Gasteiger charge is -2.34. The van der Waals surface area contributed by atoms with Gasteiger partial charge in [-0.1, -0.05) is 158 Å². The first kappa shape index (κ1) is 27.7. The zero-order valence-corrected chi connectivity index (χ0v) is 26.8. The highest BCUT2D eigenvalue weighted by Crippen LogP contribution is 2.56. The van der Waals surface area contributed by atoms with E-state index >= 15 is 0 Å². The quantitative estimate of drug-likeness (QED) is 0.189. The third-order valence-electron chi connectivity index (χ3n) is 10.3. The van der Waals surface area contributed by atoms with Crippen LogP contribution in [0.4, 0.5) is 17.1 Å². The largest absolute Gasteiger partial charge is 0.454 e. The van der Waals surface area contributed by atoms with Gasteiger partial charge >= 0.3 is 0 Å². The second-order valence-electron chi connectivity index (χ2n) is 12.8. The van der Waals surface area contributed by atoms with Gasteiger partial charge in [0, 0.05) is 21.8 Å². The monoisotopic (exact) mass is 625 g/mol. The molecule has 0 radical (unpaired) electrons. The molecule has 2 nitrogen and oxygen atoms in total. The molecule has 10 rings (SSSR count). The number of rotatable bonds is 5. The molecule has 0 amide bonds. The number of fused-ring (bicyclic) bond motifs is 7. The molecule has 1 heterocycles. The molecular weight excluding hydrogens is 595 g/mol. The maximum absolute atomic E-state index is 6.63. The van der Waals surface area contributed by atoms with E-state index < -0.39 is 5.41 Å². The standard InChI is InChI=1S/C47H31NO/c1-2-16-33(17-3-1)47(41-23-9-6-19-37(41)38-20-7-10-24-42(38)47)34-28-30-35(31-29-34)48(43-25-12-15-32-14-4-5-18-36(32)43)44-26-13-22-40-39-21-8-11-27-45(39)49-46(40)44/h1-31H.